The number of nitrogens with two attached hydrogens (primary N) is 1. The fourth-order valence-electron chi connectivity index (χ4n) is 1.55. The normalized spacial score (nSPS) is 12.4. The second-order valence-corrected chi connectivity index (χ2v) is 6.72. The zero-order chi connectivity index (χ0) is 13.9. The SMILES string of the molecule is CC(C)N(CC(N)=O)Cc1csc(C(C)(C)C)n1. The molecule has 0 radical (unpaired) electrons. The van der Waals surface area contributed by atoms with E-state index < -0.39 is 0 Å². The van der Waals surface area contributed by atoms with E-state index in [2.05, 4.69) is 45.0 Å². The molecule has 0 saturated heterocycles. The van der Waals surface area contributed by atoms with Crippen LogP contribution >= 0.6 is 11.3 Å². The number of rotatable bonds is 5. The van der Waals surface area contributed by atoms with Crippen molar-refractivity contribution in [3.63, 3.8) is 0 Å². The molecular formula is C13H23N3OS. The highest BCUT2D eigenvalue weighted by Crippen LogP contribution is 2.26. The van der Waals surface area contributed by atoms with E-state index in [1.165, 1.54) is 0 Å². The topological polar surface area (TPSA) is 59.2 Å². The van der Waals surface area contributed by atoms with Crippen molar-refractivity contribution in [2.24, 2.45) is 5.73 Å². The molecule has 0 saturated carbocycles. The van der Waals surface area contributed by atoms with Gasteiger partial charge in [0.2, 0.25) is 5.91 Å². The molecule has 0 aliphatic heterocycles. The van der Waals surface area contributed by atoms with Gasteiger partial charge in [-0.05, 0) is 13.8 Å². The van der Waals surface area contributed by atoms with Crippen molar-refractivity contribution in [1.82, 2.24) is 9.88 Å². The summed E-state index contributed by atoms with van der Waals surface area (Å²) >= 11 is 1.68. The molecule has 0 aromatic carbocycles. The van der Waals surface area contributed by atoms with Gasteiger partial charge in [0.05, 0.1) is 17.2 Å². The van der Waals surface area contributed by atoms with Crippen molar-refractivity contribution in [2.45, 2.75) is 52.6 Å². The second kappa shape index (κ2) is 5.80. The van der Waals surface area contributed by atoms with Crippen molar-refractivity contribution in [3.8, 4) is 0 Å². The first-order chi connectivity index (χ1) is 8.20. The lowest BCUT2D eigenvalue weighted by atomic mass is 9.98. The lowest BCUT2D eigenvalue weighted by molar-refractivity contribution is -0.119. The molecule has 18 heavy (non-hydrogen) atoms. The van der Waals surface area contributed by atoms with Gasteiger partial charge in [-0.2, -0.15) is 0 Å². The smallest absolute Gasteiger partial charge is 0.231 e. The molecule has 1 aromatic rings. The molecular weight excluding hydrogens is 246 g/mol. The molecule has 0 atom stereocenters. The first kappa shape index (κ1) is 15.1. The number of primary amides is 1. The molecule has 0 bridgehead atoms. The molecule has 1 rings (SSSR count). The maximum absolute atomic E-state index is 11.0. The van der Waals surface area contributed by atoms with Gasteiger partial charge in [0.25, 0.3) is 0 Å². The highest BCUT2D eigenvalue weighted by Gasteiger charge is 2.20. The van der Waals surface area contributed by atoms with Crippen LogP contribution < -0.4 is 5.73 Å². The van der Waals surface area contributed by atoms with Gasteiger partial charge in [-0.1, -0.05) is 20.8 Å². The summed E-state index contributed by atoms with van der Waals surface area (Å²) in [6.45, 7) is 11.5. The van der Waals surface area contributed by atoms with Gasteiger partial charge in [-0.25, -0.2) is 4.98 Å². The van der Waals surface area contributed by atoms with Crippen molar-refractivity contribution >= 4 is 17.2 Å². The van der Waals surface area contributed by atoms with Crippen molar-refractivity contribution in [3.05, 3.63) is 16.1 Å². The van der Waals surface area contributed by atoms with Crippen LogP contribution in [0.5, 0.6) is 0 Å². The Hall–Kier alpha value is -0.940. The van der Waals surface area contributed by atoms with Crippen molar-refractivity contribution in [2.75, 3.05) is 6.54 Å². The van der Waals surface area contributed by atoms with E-state index in [1.54, 1.807) is 11.3 Å². The lowest BCUT2D eigenvalue weighted by Gasteiger charge is -2.23. The highest BCUT2D eigenvalue weighted by atomic mass is 32.1. The second-order valence-electron chi connectivity index (χ2n) is 5.86. The molecule has 102 valence electrons. The van der Waals surface area contributed by atoms with Gasteiger partial charge in [0, 0.05) is 23.4 Å². The van der Waals surface area contributed by atoms with Crippen LogP contribution in [-0.2, 0) is 16.8 Å². The van der Waals surface area contributed by atoms with Gasteiger partial charge in [0.1, 0.15) is 0 Å². The van der Waals surface area contributed by atoms with Crippen molar-refractivity contribution in [1.29, 1.82) is 0 Å². The summed E-state index contributed by atoms with van der Waals surface area (Å²) in [4.78, 5) is 17.7. The summed E-state index contributed by atoms with van der Waals surface area (Å²) in [6.07, 6.45) is 0. The third-order valence-electron chi connectivity index (χ3n) is 2.65. The minimum Gasteiger partial charge on any atom is -0.369 e. The molecule has 0 spiro atoms. The van der Waals surface area contributed by atoms with Gasteiger partial charge in [-0.15, -0.1) is 11.3 Å². The maximum Gasteiger partial charge on any atom is 0.231 e. The van der Waals surface area contributed by atoms with Crippen LogP contribution in [0.4, 0.5) is 0 Å². The predicted octanol–water partition coefficient (Wildman–Crippen LogP) is 2.14. The summed E-state index contributed by atoms with van der Waals surface area (Å²) in [6, 6.07) is 0.275. The molecule has 1 heterocycles. The van der Waals surface area contributed by atoms with E-state index in [4.69, 9.17) is 5.73 Å². The summed E-state index contributed by atoms with van der Waals surface area (Å²) in [7, 11) is 0. The molecule has 1 aromatic heterocycles. The number of thiazole rings is 1. The van der Waals surface area contributed by atoms with Gasteiger partial charge >= 0.3 is 0 Å². The maximum atomic E-state index is 11.0. The quantitative estimate of drug-likeness (QED) is 0.891. The standard InChI is InChI=1S/C13H23N3OS/c1-9(2)16(7-11(14)17)6-10-8-18-12(15-10)13(3,4)5/h8-9H,6-7H2,1-5H3,(H2,14,17). The molecule has 0 fully saturated rings. The summed E-state index contributed by atoms with van der Waals surface area (Å²) in [5.41, 5.74) is 6.35. The van der Waals surface area contributed by atoms with Crippen LogP contribution in [0.3, 0.4) is 0 Å². The number of carbonyl (C=O) groups is 1. The van der Waals surface area contributed by atoms with E-state index in [0.717, 1.165) is 10.7 Å². The Morgan fingerprint density at radius 2 is 2.11 bits per heavy atom. The van der Waals surface area contributed by atoms with Crippen LogP contribution in [0.1, 0.15) is 45.3 Å². The third-order valence-corrected chi connectivity index (χ3v) is 3.96. The van der Waals surface area contributed by atoms with Gasteiger partial charge in [0.15, 0.2) is 0 Å². The molecule has 1 amide bonds. The minimum absolute atomic E-state index is 0.0786. The number of nitrogens with zero attached hydrogens (tertiary/aromatic N) is 2. The van der Waals surface area contributed by atoms with Crippen LogP contribution in [0.15, 0.2) is 5.38 Å². The molecule has 0 aliphatic carbocycles. The average molecular weight is 269 g/mol. The fraction of sp³-hybridized carbons (Fsp3) is 0.692. The molecule has 4 nitrogen and oxygen atoms in total. The molecule has 0 aliphatic rings. The fourth-order valence-corrected chi connectivity index (χ4v) is 2.45. The Morgan fingerprint density at radius 3 is 2.50 bits per heavy atom. The molecule has 2 N–H and O–H groups in total. The van der Waals surface area contributed by atoms with Crippen LogP contribution in [0.2, 0.25) is 0 Å². The number of hydrogen-bond donors (Lipinski definition) is 1. The van der Waals surface area contributed by atoms with Crippen molar-refractivity contribution < 1.29 is 4.79 Å². The third kappa shape index (κ3) is 4.38. The summed E-state index contributed by atoms with van der Waals surface area (Å²) in [5, 5.41) is 3.19. The Bertz CT molecular complexity index is 407. The van der Waals surface area contributed by atoms with Gasteiger partial charge < -0.3 is 5.73 Å². The van der Waals surface area contributed by atoms with Crippen LogP contribution in [-0.4, -0.2) is 28.4 Å². The monoisotopic (exact) mass is 269 g/mol. The van der Waals surface area contributed by atoms with Crippen LogP contribution in [0.25, 0.3) is 0 Å². The highest BCUT2D eigenvalue weighted by molar-refractivity contribution is 7.09. The van der Waals surface area contributed by atoms with Crippen LogP contribution in [0, 0.1) is 0 Å². The van der Waals surface area contributed by atoms with E-state index in [-0.39, 0.29) is 23.9 Å². The van der Waals surface area contributed by atoms with E-state index in [9.17, 15) is 4.79 Å². The average Bonchev–Trinajstić information content (AvgIpc) is 2.63. The zero-order valence-electron chi connectivity index (χ0n) is 11.9. The Kier molecular flexibility index (Phi) is 4.87. The summed E-state index contributed by atoms with van der Waals surface area (Å²) < 4.78 is 0. The largest absolute Gasteiger partial charge is 0.369 e. The predicted molar refractivity (Wildman–Crippen MR) is 75.6 cm³/mol. The van der Waals surface area contributed by atoms with Gasteiger partial charge in [-0.3, -0.25) is 9.69 Å². The minimum atomic E-state index is -0.296. The van der Waals surface area contributed by atoms with E-state index in [1.807, 2.05) is 4.90 Å². The van der Waals surface area contributed by atoms with E-state index in [0.29, 0.717) is 6.54 Å². The first-order valence-electron chi connectivity index (χ1n) is 6.17. The Labute approximate surface area is 113 Å². The summed E-state index contributed by atoms with van der Waals surface area (Å²) in [5.74, 6) is -0.296. The lowest BCUT2D eigenvalue weighted by Crippen LogP contribution is -2.38. The number of hydrogen-bond acceptors (Lipinski definition) is 4. The number of amides is 1. The molecule has 0 unspecified atom stereocenters. The Balaban J connectivity index is 2.76. The van der Waals surface area contributed by atoms with E-state index >= 15 is 0 Å². The first-order valence-corrected chi connectivity index (χ1v) is 7.05. The number of carbonyl (C=O) groups excluding carboxylic acids is 1. The Morgan fingerprint density at radius 1 is 1.50 bits per heavy atom. The zero-order valence-corrected chi connectivity index (χ0v) is 12.7. The molecule has 5 heteroatoms. The number of aromatic nitrogens is 1.